The lowest BCUT2D eigenvalue weighted by Crippen LogP contribution is -2.30. The number of sulfonamides is 1. The van der Waals surface area contributed by atoms with Crippen LogP contribution >= 0.6 is 0 Å². The molecule has 0 aliphatic carbocycles. The number of rotatable bonds is 5. The van der Waals surface area contributed by atoms with Crippen molar-refractivity contribution in [3.63, 3.8) is 0 Å². The standard InChI is InChI=1S/C17H19NO4S/c1-2-18(13-14-6-4-3-5-7-14)23(19,20)15-8-9-16-17(12-15)22-11-10-21-16/h3-9,12H,2,10-11,13H2,1H3. The van der Waals surface area contributed by atoms with Crippen molar-refractivity contribution >= 4 is 10.0 Å². The predicted molar refractivity (Wildman–Crippen MR) is 87.1 cm³/mol. The molecule has 2 aromatic rings. The first-order valence-electron chi connectivity index (χ1n) is 7.55. The molecule has 0 fully saturated rings. The molecule has 0 radical (unpaired) electrons. The van der Waals surface area contributed by atoms with Crippen LogP contribution in [-0.2, 0) is 16.6 Å². The zero-order valence-corrected chi connectivity index (χ0v) is 13.8. The van der Waals surface area contributed by atoms with E-state index >= 15 is 0 Å². The van der Waals surface area contributed by atoms with Gasteiger partial charge in [0.2, 0.25) is 10.0 Å². The summed E-state index contributed by atoms with van der Waals surface area (Å²) >= 11 is 0. The van der Waals surface area contributed by atoms with Crippen LogP contribution < -0.4 is 9.47 Å². The summed E-state index contributed by atoms with van der Waals surface area (Å²) in [6.07, 6.45) is 0. The topological polar surface area (TPSA) is 55.8 Å². The van der Waals surface area contributed by atoms with Crippen LogP contribution in [0.4, 0.5) is 0 Å². The quantitative estimate of drug-likeness (QED) is 0.844. The molecule has 5 nitrogen and oxygen atoms in total. The normalized spacial score (nSPS) is 14.0. The molecule has 0 saturated carbocycles. The maximum atomic E-state index is 12.9. The summed E-state index contributed by atoms with van der Waals surface area (Å²) in [5.41, 5.74) is 0.954. The lowest BCUT2D eigenvalue weighted by molar-refractivity contribution is 0.171. The first-order chi connectivity index (χ1) is 11.1. The summed E-state index contributed by atoms with van der Waals surface area (Å²) in [5.74, 6) is 1.06. The van der Waals surface area contributed by atoms with Crippen molar-refractivity contribution in [2.75, 3.05) is 19.8 Å². The number of fused-ring (bicyclic) bond motifs is 1. The fraction of sp³-hybridized carbons (Fsp3) is 0.294. The fourth-order valence-corrected chi connectivity index (χ4v) is 3.94. The summed E-state index contributed by atoms with van der Waals surface area (Å²) in [6, 6.07) is 14.3. The van der Waals surface area contributed by atoms with Gasteiger partial charge in [0, 0.05) is 19.2 Å². The monoisotopic (exact) mass is 333 g/mol. The molecule has 0 saturated heterocycles. The molecule has 0 amide bonds. The molecule has 0 aromatic heterocycles. The van der Waals surface area contributed by atoms with Gasteiger partial charge in [0.1, 0.15) is 13.2 Å². The van der Waals surface area contributed by atoms with Gasteiger partial charge in [0.25, 0.3) is 0 Å². The summed E-state index contributed by atoms with van der Waals surface area (Å²) in [5, 5.41) is 0. The molecule has 1 aliphatic rings. The van der Waals surface area contributed by atoms with Crippen molar-refractivity contribution in [1.82, 2.24) is 4.31 Å². The maximum Gasteiger partial charge on any atom is 0.243 e. The number of hydrogen-bond acceptors (Lipinski definition) is 4. The maximum absolute atomic E-state index is 12.9. The third kappa shape index (κ3) is 3.33. The molecule has 23 heavy (non-hydrogen) atoms. The van der Waals surface area contributed by atoms with Crippen LogP contribution in [0.1, 0.15) is 12.5 Å². The van der Waals surface area contributed by atoms with Crippen molar-refractivity contribution in [1.29, 1.82) is 0 Å². The molecule has 0 atom stereocenters. The molecule has 2 aromatic carbocycles. The van der Waals surface area contributed by atoms with Crippen LogP contribution in [-0.4, -0.2) is 32.5 Å². The second-order valence-electron chi connectivity index (χ2n) is 5.22. The largest absolute Gasteiger partial charge is 0.486 e. The zero-order valence-electron chi connectivity index (χ0n) is 12.9. The van der Waals surface area contributed by atoms with E-state index in [4.69, 9.17) is 9.47 Å². The van der Waals surface area contributed by atoms with Crippen LogP contribution in [0.25, 0.3) is 0 Å². The second-order valence-corrected chi connectivity index (χ2v) is 7.16. The molecule has 0 bridgehead atoms. The van der Waals surface area contributed by atoms with Crippen LogP contribution in [0.5, 0.6) is 11.5 Å². The Kier molecular flexibility index (Phi) is 4.54. The van der Waals surface area contributed by atoms with Crippen molar-refractivity contribution in [3.05, 3.63) is 54.1 Å². The Morgan fingerprint density at radius 3 is 2.39 bits per heavy atom. The minimum atomic E-state index is -3.59. The molecule has 3 rings (SSSR count). The molecular formula is C17H19NO4S. The van der Waals surface area contributed by atoms with Crippen LogP contribution in [0.3, 0.4) is 0 Å². The highest BCUT2D eigenvalue weighted by Crippen LogP contribution is 2.33. The van der Waals surface area contributed by atoms with Crippen LogP contribution in [0, 0.1) is 0 Å². The van der Waals surface area contributed by atoms with Crippen molar-refractivity contribution < 1.29 is 17.9 Å². The number of benzene rings is 2. The van der Waals surface area contributed by atoms with Gasteiger partial charge < -0.3 is 9.47 Å². The molecule has 122 valence electrons. The van der Waals surface area contributed by atoms with Gasteiger partial charge in [-0.3, -0.25) is 0 Å². The highest BCUT2D eigenvalue weighted by molar-refractivity contribution is 7.89. The number of nitrogens with zero attached hydrogens (tertiary/aromatic N) is 1. The second kappa shape index (κ2) is 6.60. The lowest BCUT2D eigenvalue weighted by atomic mass is 10.2. The molecule has 1 heterocycles. The van der Waals surface area contributed by atoms with Gasteiger partial charge in [-0.25, -0.2) is 8.42 Å². The zero-order chi connectivity index (χ0) is 16.3. The van der Waals surface area contributed by atoms with E-state index in [2.05, 4.69) is 0 Å². The Morgan fingerprint density at radius 2 is 1.70 bits per heavy atom. The van der Waals surface area contributed by atoms with Crippen LogP contribution in [0.15, 0.2) is 53.4 Å². The average Bonchev–Trinajstić information content (AvgIpc) is 2.60. The summed E-state index contributed by atoms with van der Waals surface area (Å²) in [6.45, 7) is 3.48. The van der Waals surface area contributed by atoms with E-state index in [1.54, 1.807) is 12.1 Å². The summed E-state index contributed by atoms with van der Waals surface area (Å²) < 4.78 is 38.1. The average molecular weight is 333 g/mol. The van der Waals surface area contributed by atoms with Crippen molar-refractivity contribution in [2.24, 2.45) is 0 Å². The Hall–Kier alpha value is -2.05. The third-order valence-electron chi connectivity index (χ3n) is 3.71. The Bertz CT molecular complexity index is 774. The van der Waals surface area contributed by atoms with Gasteiger partial charge in [0.05, 0.1) is 4.90 Å². The molecule has 1 aliphatic heterocycles. The van der Waals surface area contributed by atoms with Crippen LogP contribution in [0.2, 0.25) is 0 Å². The van der Waals surface area contributed by atoms with Gasteiger partial charge >= 0.3 is 0 Å². The first kappa shape index (κ1) is 15.8. The molecule has 0 N–H and O–H groups in total. The highest BCUT2D eigenvalue weighted by atomic mass is 32.2. The SMILES string of the molecule is CCN(Cc1ccccc1)S(=O)(=O)c1ccc2c(c1)OCCO2. The van der Waals surface area contributed by atoms with Gasteiger partial charge in [-0.2, -0.15) is 4.31 Å². The minimum Gasteiger partial charge on any atom is -0.486 e. The van der Waals surface area contributed by atoms with E-state index in [9.17, 15) is 8.42 Å². The summed E-state index contributed by atoms with van der Waals surface area (Å²) in [4.78, 5) is 0.222. The number of ether oxygens (including phenoxy) is 2. The smallest absolute Gasteiger partial charge is 0.243 e. The molecule has 6 heteroatoms. The van der Waals surface area contributed by atoms with Gasteiger partial charge in [-0.1, -0.05) is 37.3 Å². The number of hydrogen-bond donors (Lipinski definition) is 0. The van der Waals surface area contributed by atoms with Gasteiger partial charge in [-0.05, 0) is 17.7 Å². The van der Waals surface area contributed by atoms with E-state index in [0.717, 1.165) is 5.56 Å². The first-order valence-corrected chi connectivity index (χ1v) is 8.99. The Labute approximate surface area is 136 Å². The Morgan fingerprint density at radius 1 is 1.00 bits per heavy atom. The fourth-order valence-electron chi connectivity index (χ4n) is 2.49. The van der Waals surface area contributed by atoms with Gasteiger partial charge in [0.15, 0.2) is 11.5 Å². The van der Waals surface area contributed by atoms with E-state index in [0.29, 0.717) is 37.8 Å². The predicted octanol–water partition coefficient (Wildman–Crippen LogP) is 2.67. The van der Waals surface area contributed by atoms with E-state index < -0.39 is 10.0 Å². The van der Waals surface area contributed by atoms with E-state index in [1.165, 1.54) is 10.4 Å². The summed E-state index contributed by atoms with van der Waals surface area (Å²) in [7, 11) is -3.59. The third-order valence-corrected chi connectivity index (χ3v) is 5.62. The highest BCUT2D eigenvalue weighted by Gasteiger charge is 2.25. The minimum absolute atomic E-state index is 0.222. The van der Waals surface area contributed by atoms with E-state index in [1.807, 2.05) is 37.3 Å². The Balaban J connectivity index is 1.89. The van der Waals surface area contributed by atoms with Crippen molar-refractivity contribution in [2.45, 2.75) is 18.4 Å². The van der Waals surface area contributed by atoms with Gasteiger partial charge in [-0.15, -0.1) is 0 Å². The lowest BCUT2D eigenvalue weighted by Gasteiger charge is -2.23. The molecular weight excluding hydrogens is 314 g/mol. The van der Waals surface area contributed by atoms with Crippen molar-refractivity contribution in [3.8, 4) is 11.5 Å². The molecule has 0 unspecified atom stereocenters. The van der Waals surface area contributed by atoms with E-state index in [-0.39, 0.29) is 4.90 Å². The molecule has 0 spiro atoms.